The maximum atomic E-state index is 9.48. The lowest BCUT2D eigenvalue weighted by molar-refractivity contribution is 0.180. The summed E-state index contributed by atoms with van der Waals surface area (Å²) in [5.41, 5.74) is 5.51. The van der Waals surface area contributed by atoms with E-state index in [1.807, 2.05) is 6.20 Å². The van der Waals surface area contributed by atoms with Crippen LogP contribution in [-0.4, -0.2) is 51.1 Å². The van der Waals surface area contributed by atoms with E-state index in [0.717, 1.165) is 31.4 Å². The molecule has 1 aromatic heterocycles. The number of likely N-dealkylation sites (tertiary alicyclic amines) is 1. The monoisotopic (exact) mass is 370 g/mol. The van der Waals surface area contributed by atoms with Crippen LogP contribution in [0.5, 0.6) is 0 Å². The zero-order valence-corrected chi connectivity index (χ0v) is 17.0. The van der Waals surface area contributed by atoms with Crippen molar-refractivity contribution in [3.8, 4) is 0 Å². The number of nitrogens with zero attached hydrogens (tertiary/aromatic N) is 3. The average Bonchev–Trinajstić information content (AvgIpc) is 3.14. The first-order chi connectivity index (χ1) is 13.0. The van der Waals surface area contributed by atoms with Gasteiger partial charge in [-0.25, -0.2) is 4.98 Å². The zero-order chi connectivity index (χ0) is 19.2. The van der Waals surface area contributed by atoms with Crippen LogP contribution in [0, 0.1) is 19.8 Å². The lowest BCUT2D eigenvalue weighted by atomic mass is 9.95. The molecule has 0 spiro atoms. The lowest BCUT2D eigenvalue weighted by Crippen LogP contribution is -2.32. The van der Waals surface area contributed by atoms with E-state index < -0.39 is 0 Å². The van der Waals surface area contributed by atoms with E-state index in [-0.39, 0.29) is 6.61 Å². The fourth-order valence-corrected chi connectivity index (χ4v) is 4.00. The molecule has 3 rings (SSSR count). The number of benzene rings is 1. The van der Waals surface area contributed by atoms with Gasteiger partial charge in [0.25, 0.3) is 0 Å². The first-order valence-corrected chi connectivity index (χ1v) is 10.2. The minimum absolute atomic E-state index is 0.157. The van der Waals surface area contributed by atoms with Crippen LogP contribution >= 0.6 is 0 Å². The lowest BCUT2D eigenvalue weighted by Gasteiger charge is -2.31. The summed E-state index contributed by atoms with van der Waals surface area (Å²) in [5, 5.41) is 9.48. The maximum Gasteiger partial charge on any atom is 0.120 e. The molecule has 1 aliphatic rings. The summed E-state index contributed by atoms with van der Waals surface area (Å²) in [4.78, 5) is 12.4. The van der Waals surface area contributed by atoms with Crippen LogP contribution in [0.2, 0.25) is 0 Å². The first-order valence-electron chi connectivity index (χ1n) is 10.2. The van der Waals surface area contributed by atoms with Crippen LogP contribution in [0.1, 0.15) is 47.8 Å². The van der Waals surface area contributed by atoms with Crippen molar-refractivity contribution in [3.63, 3.8) is 0 Å². The van der Waals surface area contributed by atoms with Crippen LogP contribution in [0.3, 0.4) is 0 Å². The smallest absolute Gasteiger partial charge is 0.120 e. The summed E-state index contributed by atoms with van der Waals surface area (Å²) in [7, 11) is 0. The Morgan fingerprint density at radius 1 is 1.19 bits per heavy atom. The van der Waals surface area contributed by atoms with E-state index >= 15 is 0 Å². The second-order valence-electron chi connectivity index (χ2n) is 8.14. The van der Waals surface area contributed by atoms with Crippen molar-refractivity contribution >= 4 is 0 Å². The number of hydrogen-bond acceptors (Lipinski definition) is 4. The predicted octanol–water partition coefficient (Wildman–Crippen LogP) is 3.25. The molecule has 0 aliphatic carbocycles. The summed E-state index contributed by atoms with van der Waals surface area (Å²) in [6, 6.07) is 4.64. The van der Waals surface area contributed by atoms with Crippen molar-refractivity contribution < 1.29 is 5.11 Å². The molecular formula is C22H34N4O. The minimum Gasteiger partial charge on any atom is -0.395 e. The Kier molecular flexibility index (Phi) is 7.05. The highest BCUT2D eigenvalue weighted by atomic mass is 16.3. The largest absolute Gasteiger partial charge is 0.395 e. The van der Waals surface area contributed by atoms with Gasteiger partial charge in [-0.1, -0.05) is 24.6 Å². The third-order valence-electron chi connectivity index (χ3n) is 5.78. The number of piperidine rings is 1. The number of nitrogens with one attached hydrogen (secondary N) is 1. The molecule has 148 valence electrons. The van der Waals surface area contributed by atoms with Gasteiger partial charge in [-0.05, 0) is 62.4 Å². The molecule has 2 aromatic rings. The summed E-state index contributed by atoms with van der Waals surface area (Å²) < 4.78 is 0. The number of aromatic nitrogens is 2. The van der Waals surface area contributed by atoms with Gasteiger partial charge < -0.3 is 10.1 Å². The van der Waals surface area contributed by atoms with E-state index in [1.165, 1.54) is 48.2 Å². The third-order valence-corrected chi connectivity index (χ3v) is 5.78. The summed E-state index contributed by atoms with van der Waals surface area (Å²) in [6.07, 6.45) is 6.25. The Balaban J connectivity index is 1.73. The maximum absolute atomic E-state index is 9.48. The molecule has 0 atom stereocenters. The number of aliphatic hydroxyl groups is 1. The fourth-order valence-electron chi connectivity index (χ4n) is 4.00. The fraction of sp³-hybridized carbons (Fsp3) is 0.591. The van der Waals surface area contributed by atoms with E-state index in [0.29, 0.717) is 6.54 Å². The van der Waals surface area contributed by atoms with Crippen LogP contribution in [0.15, 0.2) is 24.5 Å². The molecule has 0 amide bonds. The molecule has 1 aliphatic heterocycles. The SMILES string of the molecule is Cc1cc(CN2CCC(C)CC2)c(C)c(CN(CCO)Cc2ncc[nH]2)c1. The Morgan fingerprint density at radius 2 is 1.93 bits per heavy atom. The summed E-state index contributed by atoms with van der Waals surface area (Å²) in [6.45, 7) is 12.6. The van der Waals surface area contributed by atoms with Gasteiger partial charge in [0.05, 0.1) is 13.2 Å². The van der Waals surface area contributed by atoms with Crippen LogP contribution < -0.4 is 0 Å². The van der Waals surface area contributed by atoms with Crippen LogP contribution in [-0.2, 0) is 19.6 Å². The zero-order valence-electron chi connectivity index (χ0n) is 17.0. The number of rotatable bonds is 8. The van der Waals surface area contributed by atoms with E-state index in [4.69, 9.17) is 0 Å². The molecule has 2 heterocycles. The normalized spacial score (nSPS) is 16.3. The predicted molar refractivity (Wildman–Crippen MR) is 109 cm³/mol. The molecule has 5 nitrogen and oxygen atoms in total. The molecule has 0 radical (unpaired) electrons. The molecule has 1 aromatic carbocycles. The summed E-state index contributed by atoms with van der Waals surface area (Å²) >= 11 is 0. The van der Waals surface area contributed by atoms with Gasteiger partial charge in [0.15, 0.2) is 0 Å². The van der Waals surface area contributed by atoms with Crippen molar-refractivity contribution in [3.05, 3.63) is 52.6 Å². The molecule has 2 N–H and O–H groups in total. The van der Waals surface area contributed by atoms with Gasteiger partial charge in [0.2, 0.25) is 0 Å². The third kappa shape index (κ3) is 5.64. The number of aromatic amines is 1. The number of aryl methyl sites for hydroxylation is 1. The quantitative estimate of drug-likeness (QED) is 0.749. The second-order valence-corrected chi connectivity index (χ2v) is 8.14. The molecular weight excluding hydrogens is 336 g/mol. The van der Waals surface area contributed by atoms with Gasteiger partial charge in [-0.15, -0.1) is 0 Å². The molecule has 5 heteroatoms. The highest BCUT2D eigenvalue weighted by Crippen LogP contribution is 2.23. The number of imidazole rings is 1. The van der Waals surface area contributed by atoms with Crippen LogP contribution in [0.4, 0.5) is 0 Å². The van der Waals surface area contributed by atoms with Crippen LogP contribution in [0.25, 0.3) is 0 Å². The van der Waals surface area contributed by atoms with Crippen molar-refractivity contribution in [2.24, 2.45) is 5.92 Å². The molecule has 0 saturated carbocycles. The Bertz CT molecular complexity index is 705. The van der Waals surface area contributed by atoms with Gasteiger partial charge >= 0.3 is 0 Å². The van der Waals surface area contributed by atoms with Crippen molar-refractivity contribution in [2.45, 2.75) is 53.2 Å². The highest BCUT2D eigenvalue weighted by molar-refractivity contribution is 5.38. The minimum atomic E-state index is 0.157. The number of aliphatic hydroxyl groups excluding tert-OH is 1. The molecule has 1 fully saturated rings. The van der Waals surface area contributed by atoms with Crippen molar-refractivity contribution in [2.75, 3.05) is 26.2 Å². The Labute approximate surface area is 163 Å². The average molecular weight is 371 g/mol. The van der Waals surface area contributed by atoms with E-state index in [1.54, 1.807) is 6.20 Å². The van der Waals surface area contributed by atoms with E-state index in [9.17, 15) is 5.11 Å². The van der Waals surface area contributed by atoms with E-state index in [2.05, 4.69) is 52.7 Å². The number of hydrogen-bond donors (Lipinski definition) is 2. The molecule has 27 heavy (non-hydrogen) atoms. The standard InChI is InChI=1S/C22H34N4O/c1-17-4-8-25(9-5-17)14-20-12-18(2)13-21(19(20)3)15-26(10-11-27)16-22-23-6-7-24-22/h6-7,12-13,17,27H,4-5,8-11,14-16H2,1-3H3,(H,23,24). The Hall–Kier alpha value is -1.69. The second kappa shape index (κ2) is 9.49. The van der Waals surface area contributed by atoms with Gasteiger partial charge in [-0.2, -0.15) is 0 Å². The van der Waals surface area contributed by atoms with Crippen molar-refractivity contribution in [1.29, 1.82) is 0 Å². The van der Waals surface area contributed by atoms with Gasteiger partial charge in [-0.3, -0.25) is 9.80 Å². The first kappa shape index (κ1) is 20.1. The topological polar surface area (TPSA) is 55.4 Å². The highest BCUT2D eigenvalue weighted by Gasteiger charge is 2.18. The van der Waals surface area contributed by atoms with Gasteiger partial charge in [0, 0.05) is 32.0 Å². The molecule has 1 saturated heterocycles. The Morgan fingerprint density at radius 3 is 2.59 bits per heavy atom. The van der Waals surface area contributed by atoms with Gasteiger partial charge in [0.1, 0.15) is 5.82 Å². The van der Waals surface area contributed by atoms with Crippen molar-refractivity contribution in [1.82, 2.24) is 19.8 Å². The number of H-pyrrole nitrogens is 1. The molecule has 0 unspecified atom stereocenters. The molecule has 0 bridgehead atoms. The summed E-state index contributed by atoms with van der Waals surface area (Å²) in [5.74, 6) is 1.81.